The second-order valence-electron chi connectivity index (χ2n) is 6.24. The molecule has 0 fully saturated rings. The maximum Gasteiger partial charge on any atom is 0.251 e. The first kappa shape index (κ1) is 14.9. The van der Waals surface area contributed by atoms with Gasteiger partial charge in [0.1, 0.15) is 5.82 Å². The summed E-state index contributed by atoms with van der Waals surface area (Å²) >= 11 is 0. The lowest BCUT2D eigenvalue weighted by atomic mass is 9.88. The third-order valence-corrected chi connectivity index (χ3v) is 4.87. The van der Waals surface area contributed by atoms with Gasteiger partial charge in [-0.15, -0.1) is 0 Å². The van der Waals surface area contributed by atoms with Gasteiger partial charge in [-0.25, -0.2) is 4.39 Å². The van der Waals surface area contributed by atoms with Crippen LogP contribution in [0.4, 0.5) is 4.39 Å². The highest BCUT2D eigenvalue weighted by Crippen LogP contribution is 2.29. The third-order valence-electron chi connectivity index (χ3n) is 4.87. The first-order chi connectivity index (χ1) is 11.6. The maximum atomic E-state index is 13.8. The Morgan fingerprint density at radius 3 is 2.88 bits per heavy atom. The van der Waals surface area contributed by atoms with Gasteiger partial charge in [0.05, 0.1) is 5.92 Å². The fourth-order valence-electron chi connectivity index (χ4n) is 3.60. The summed E-state index contributed by atoms with van der Waals surface area (Å²) in [5, 5.41) is 2.79. The molecule has 0 aliphatic carbocycles. The van der Waals surface area contributed by atoms with Crippen LogP contribution in [0, 0.1) is 5.82 Å². The Labute approximate surface area is 139 Å². The van der Waals surface area contributed by atoms with Gasteiger partial charge >= 0.3 is 0 Å². The molecule has 0 bridgehead atoms. The normalized spacial score (nSPS) is 19.3. The summed E-state index contributed by atoms with van der Waals surface area (Å²) in [5.74, 6) is -0.734. The molecular formula is C19H17FN2O2. The van der Waals surface area contributed by atoms with Crippen molar-refractivity contribution in [3.63, 3.8) is 0 Å². The lowest BCUT2D eigenvalue weighted by molar-refractivity contribution is -0.133. The number of benzene rings is 2. The van der Waals surface area contributed by atoms with Crippen molar-refractivity contribution in [2.75, 3.05) is 13.1 Å². The molecule has 0 radical (unpaired) electrons. The highest BCUT2D eigenvalue weighted by atomic mass is 19.1. The number of fused-ring (bicyclic) bond motifs is 2. The average molecular weight is 324 g/mol. The van der Waals surface area contributed by atoms with Crippen LogP contribution in [-0.2, 0) is 17.8 Å². The van der Waals surface area contributed by atoms with E-state index in [9.17, 15) is 14.0 Å². The van der Waals surface area contributed by atoms with Gasteiger partial charge in [-0.05, 0) is 35.2 Å². The summed E-state index contributed by atoms with van der Waals surface area (Å²) in [5.41, 5.74) is 2.91. The van der Waals surface area contributed by atoms with Crippen LogP contribution in [0.25, 0.3) is 0 Å². The van der Waals surface area contributed by atoms with Crippen molar-refractivity contribution in [2.24, 2.45) is 0 Å². The van der Waals surface area contributed by atoms with E-state index in [4.69, 9.17) is 0 Å². The van der Waals surface area contributed by atoms with Crippen LogP contribution in [0.2, 0.25) is 0 Å². The Morgan fingerprint density at radius 2 is 2.00 bits per heavy atom. The van der Waals surface area contributed by atoms with Gasteiger partial charge < -0.3 is 10.2 Å². The van der Waals surface area contributed by atoms with Crippen LogP contribution in [0.3, 0.4) is 0 Å². The summed E-state index contributed by atoms with van der Waals surface area (Å²) < 4.78 is 13.8. The van der Waals surface area contributed by atoms with Crippen molar-refractivity contribution in [3.8, 4) is 0 Å². The van der Waals surface area contributed by atoms with Crippen molar-refractivity contribution in [3.05, 3.63) is 70.5 Å². The topological polar surface area (TPSA) is 49.4 Å². The van der Waals surface area contributed by atoms with E-state index in [1.165, 1.54) is 6.07 Å². The minimum absolute atomic E-state index is 0.0163. The molecule has 1 unspecified atom stereocenters. The van der Waals surface area contributed by atoms with Gasteiger partial charge in [-0.1, -0.05) is 30.3 Å². The first-order valence-electron chi connectivity index (χ1n) is 8.07. The van der Waals surface area contributed by atoms with E-state index >= 15 is 0 Å². The Morgan fingerprint density at radius 1 is 1.17 bits per heavy atom. The standard InChI is InChI=1S/C19H17FN2O2/c20-17-7-3-4-12-11-22(9-8-13(12)17)19(24)16-10-21-18(23)15-6-2-1-5-14(15)16/h1-7,16H,8-11H2,(H,21,23). The monoisotopic (exact) mass is 324 g/mol. The van der Waals surface area contributed by atoms with E-state index < -0.39 is 0 Å². The second-order valence-corrected chi connectivity index (χ2v) is 6.24. The van der Waals surface area contributed by atoms with Crippen molar-refractivity contribution in [1.82, 2.24) is 10.2 Å². The van der Waals surface area contributed by atoms with E-state index in [1.807, 2.05) is 18.2 Å². The predicted molar refractivity (Wildman–Crippen MR) is 87.0 cm³/mol. The van der Waals surface area contributed by atoms with Crippen molar-refractivity contribution >= 4 is 11.8 Å². The molecule has 1 N–H and O–H groups in total. The number of nitrogens with zero attached hydrogens (tertiary/aromatic N) is 1. The predicted octanol–water partition coefficient (Wildman–Crippen LogP) is 2.24. The molecule has 2 aromatic rings. The summed E-state index contributed by atoms with van der Waals surface area (Å²) in [6.45, 7) is 1.22. The van der Waals surface area contributed by atoms with E-state index in [2.05, 4.69) is 5.32 Å². The largest absolute Gasteiger partial charge is 0.351 e. The number of amides is 2. The van der Waals surface area contributed by atoms with E-state index in [-0.39, 0.29) is 23.5 Å². The van der Waals surface area contributed by atoms with Gasteiger partial charge in [0, 0.05) is 25.2 Å². The van der Waals surface area contributed by atoms with Crippen LogP contribution in [0.1, 0.15) is 33.0 Å². The van der Waals surface area contributed by atoms with Gasteiger partial charge in [-0.2, -0.15) is 0 Å². The number of carbonyl (C=O) groups excluding carboxylic acids is 2. The zero-order chi connectivity index (χ0) is 16.7. The Bertz CT molecular complexity index is 834. The second kappa shape index (κ2) is 5.74. The number of hydrogen-bond donors (Lipinski definition) is 1. The van der Waals surface area contributed by atoms with Crippen LogP contribution in [-0.4, -0.2) is 29.8 Å². The molecule has 4 rings (SSSR count). The lowest BCUT2D eigenvalue weighted by Gasteiger charge is -2.34. The minimum atomic E-state index is -0.381. The molecule has 2 aliphatic rings. The number of carbonyl (C=O) groups is 2. The summed E-state index contributed by atoms with van der Waals surface area (Å²) in [4.78, 5) is 26.7. The Hall–Kier alpha value is -2.69. The molecule has 0 aromatic heterocycles. The molecule has 0 saturated heterocycles. The van der Waals surface area contributed by atoms with Crippen LogP contribution < -0.4 is 5.32 Å². The highest BCUT2D eigenvalue weighted by molar-refractivity contribution is 6.00. The van der Waals surface area contributed by atoms with Crippen LogP contribution >= 0.6 is 0 Å². The molecule has 5 heteroatoms. The van der Waals surface area contributed by atoms with Gasteiger partial charge in [0.15, 0.2) is 0 Å². The zero-order valence-electron chi connectivity index (χ0n) is 13.1. The van der Waals surface area contributed by atoms with Crippen LogP contribution in [0.15, 0.2) is 42.5 Å². The molecule has 2 aromatic carbocycles. The van der Waals surface area contributed by atoms with Gasteiger partial charge in [-0.3, -0.25) is 9.59 Å². The first-order valence-corrected chi connectivity index (χ1v) is 8.07. The van der Waals surface area contributed by atoms with E-state index in [0.717, 1.165) is 11.1 Å². The average Bonchev–Trinajstić information content (AvgIpc) is 2.62. The molecular weight excluding hydrogens is 307 g/mol. The molecule has 4 nitrogen and oxygen atoms in total. The molecule has 2 heterocycles. The molecule has 0 saturated carbocycles. The lowest BCUT2D eigenvalue weighted by Crippen LogP contribution is -2.45. The highest BCUT2D eigenvalue weighted by Gasteiger charge is 2.34. The molecule has 24 heavy (non-hydrogen) atoms. The van der Waals surface area contributed by atoms with E-state index in [1.54, 1.807) is 23.1 Å². The fraction of sp³-hybridized carbons (Fsp3) is 0.263. The molecule has 1 atom stereocenters. The third kappa shape index (κ3) is 2.37. The number of halogens is 1. The number of rotatable bonds is 1. The quantitative estimate of drug-likeness (QED) is 0.874. The number of nitrogens with one attached hydrogen (secondary N) is 1. The summed E-state index contributed by atoms with van der Waals surface area (Å²) in [6.07, 6.45) is 0.522. The molecule has 2 amide bonds. The summed E-state index contributed by atoms with van der Waals surface area (Å²) in [6, 6.07) is 12.2. The van der Waals surface area contributed by atoms with Gasteiger partial charge in [0.25, 0.3) is 5.91 Å². The van der Waals surface area contributed by atoms with Crippen molar-refractivity contribution in [2.45, 2.75) is 18.9 Å². The Kier molecular flexibility index (Phi) is 3.56. The SMILES string of the molecule is O=C1NCC(C(=O)N2CCc3c(F)cccc3C2)c2ccccc21. The molecule has 122 valence electrons. The van der Waals surface area contributed by atoms with Crippen molar-refractivity contribution < 1.29 is 14.0 Å². The van der Waals surface area contributed by atoms with Crippen molar-refractivity contribution in [1.29, 1.82) is 0 Å². The maximum absolute atomic E-state index is 13.8. The Balaban J connectivity index is 1.62. The zero-order valence-corrected chi connectivity index (χ0v) is 13.1. The minimum Gasteiger partial charge on any atom is -0.351 e. The summed E-state index contributed by atoms with van der Waals surface area (Å²) in [7, 11) is 0. The van der Waals surface area contributed by atoms with Gasteiger partial charge in [0.2, 0.25) is 5.91 Å². The van der Waals surface area contributed by atoms with Crippen LogP contribution in [0.5, 0.6) is 0 Å². The smallest absolute Gasteiger partial charge is 0.251 e. The number of hydrogen-bond acceptors (Lipinski definition) is 2. The molecule has 2 aliphatic heterocycles. The van der Waals surface area contributed by atoms with E-state index in [0.29, 0.717) is 37.2 Å². The molecule has 0 spiro atoms. The fourth-order valence-corrected chi connectivity index (χ4v) is 3.60.